The number of hydrogen-bond donors (Lipinski definition) is 1. The molecule has 2 heterocycles. The number of benzene rings is 1. The van der Waals surface area contributed by atoms with Gasteiger partial charge in [-0.1, -0.05) is 0 Å². The Morgan fingerprint density at radius 1 is 1.44 bits per heavy atom. The molecule has 4 heteroatoms. The van der Waals surface area contributed by atoms with Crippen molar-refractivity contribution < 1.29 is 4.39 Å². The van der Waals surface area contributed by atoms with Gasteiger partial charge in [-0.2, -0.15) is 5.26 Å². The van der Waals surface area contributed by atoms with E-state index in [0.29, 0.717) is 17.0 Å². The molecule has 0 radical (unpaired) electrons. The highest BCUT2D eigenvalue weighted by molar-refractivity contribution is 5.86. The van der Waals surface area contributed by atoms with Crippen LogP contribution in [0.25, 0.3) is 10.9 Å². The summed E-state index contributed by atoms with van der Waals surface area (Å²) in [6, 6.07) is 7.10. The average molecular weight is 215 g/mol. The molecule has 0 unspecified atom stereocenters. The molecule has 3 nitrogen and oxygen atoms in total. The summed E-state index contributed by atoms with van der Waals surface area (Å²) >= 11 is 0. The van der Waals surface area contributed by atoms with Crippen LogP contribution in [-0.4, -0.2) is 17.7 Å². The van der Waals surface area contributed by atoms with E-state index >= 15 is 0 Å². The molecule has 16 heavy (non-hydrogen) atoms. The molecule has 80 valence electrons. The molecular formula is C12H10FN3. The quantitative estimate of drug-likeness (QED) is 0.788. The topological polar surface area (TPSA) is 40.8 Å². The molecule has 0 spiro atoms. The van der Waals surface area contributed by atoms with Gasteiger partial charge in [0.2, 0.25) is 0 Å². The summed E-state index contributed by atoms with van der Waals surface area (Å²) in [5, 5.41) is 12.9. The van der Waals surface area contributed by atoms with Crippen molar-refractivity contribution in [3.05, 3.63) is 35.8 Å². The van der Waals surface area contributed by atoms with Gasteiger partial charge in [0.05, 0.1) is 11.6 Å². The van der Waals surface area contributed by atoms with Gasteiger partial charge in [-0.3, -0.25) is 0 Å². The summed E-state index contributed by atoms with van der Waals surface area (Å²) < 4.78 is 15.2. The van der Waals surface area contributed by atoms with Gasteiger partial charge >= 0.3 is 0 Å². The van der Waals surface area contributed by atoms with Gasteiger partial charge in [0.15, 0.2) is 0 Å². The number of nitrogens with zero attached hydrogens (tertiary/aromatic N) is 2. The number of rotatable bonds is 1. The molecule has 0 amide bonds. The smallest absolute Gasteiger partial charge is 0.124 e. The molecule has 1 N–H and O–H groups in total. The Labute approximate surface area is 92.1 Å². The Morgan fingerprint density at radius 2 is 2.25 bits per heavy atom. The van der Waals surface area contributed by atoms with Crippen molar-refractivity contribution in [2.45, 2.75) is 6.04 Å². The van der Waals surface area contributed by atoms with E-state index in [1.807, 2.05) is 6.20 Å². The number of nitrogens with one attached hydrogen (secondary N) is 1. The zero-order chi connectivity index (χ0) is 11.1. The standard InChI is InChI=1S/C12H10FN3/c13-9-1-2-12-11(3-9)8(4-14)7-16(12)10-5-15-6-10/h1-3,7,10,15H,5-6H2. The maximum Gasteiger partial charge on any atom is 0.124 e. The largest absolute Gasteiger partial charge is 0.340 e. The number of halogens is 1. The molecule has 1 aromatic carbocycles. The van der Waals surface area contributed by atoms with Gasteiger partial charge in [0, 0.05) is 30.2 Å². The fourth-order valence-electron chi connectivity index (χ4n) is 2.09. The van der Waals surface area contributed by atoms with E-state index in [2.05, 4.69) is 16.0 Å². The van der Waals surface area contributed by atoms with Crippen molar-refractivity contribution >= 4 is 10.9 Å². The van der Waals surface area contributed by atoms with Gasteiger partial charge in [-0.25, -0.2) is 4.39 Å². The minimum atomic E-state index is -0.298. The maximum absolute atomic E-state index is 13.1. The predicted octanol–water partition coefficient (Wildman–Crippen LogP) is 1.80. The van der Waals surface area contributed by atoms with Crippen LogP contribution in [0, 0.1) is 17.1 Å². The number of hydrogen-bond acceptors (Lipinski definition) is 2. The van der Waals surface area contributed by atoms with Gasteiger partial charge < -0.3 is 9.88 Å². The first kappa shape index (κ1) is 9.37. The lowest BCUT2D eigenvalue weighted by Gasteiger charge is -2.29. The first-order valence-corrected chi connectivity index (χ1v) is 5.20. The third kappa shape index (κ3) is 1.22. The molecule has 0 bridgehead atoms. The third-order valence-corrected chi connectivity index (χ3v) is 3.07. The monoisotopic (exact) mass is 215 g/mol. The highest BCUT2D eigenvalue weighted by atomic mass is 19.1. The van der Waals surface area contributed by atoms with E-state index in [9.17, 15) is 4.39 Å². The van der Waals surface area contributed by atoms with Crippen LogP contribution in [0.15, 0.2) is 24.4 Å². The third-order valence-electron chi connectivity index (χ3n) is 3.07. The summed E-state index contributed by atoms with van der Waals surface area (Å²) in [4.78, 5) is 0. The summed E-state index contributed by atoms with van der Waals surface area (Å²) in [6.07, 6.45) is 1.82. The minimum absolute atomic E-state index is 0.298. The van der Waals surface area contributed by atoms with Gasteiger partial charge in [0.1, 0.15) is 11.9 Å². The number of aromatic nitrogens is 1. The van der Waals surface area contributed by atoms with Gasteiger partial charge in [-0.05, 0) is 18.2 Å². The number of nitriles is 1. The molecule has 1 aliphatic rings. The molecule has 0 atom stereocenters. The summed E-state index contributed by atoms with van der Waals surface area (Å²) in [6.45, 7) is 1.82. The molecule has 1 fully saturated rings. The summed E-state index contributed by atoms with van der Waals surface area (Å²) in [7, 11) is 0. The lowest BCUT2D eigenvalue weighted by Crippen LogP contribution is -2.43. The molecule has 3 rings (SSSR count). The van der Waals surface area contributed by atoms with Crippen molar-refractivity contribution in [2.24, 2.45) is 0 Å². The van der Waals surface area contributed by atoms with Crippen molar-refractivity contribution in [1.82, 2.24) is 9.88 Å². The molecule has 2 aromatic rings. The van der Waals surface area contributed by atoms with Crippen molar-refractivity contribution in [3.8, 4) is 6.07 Å². The normalized spacial score (nSPS) is 16.0. The summed E-state index contributed by atoms with van der Waals surface area (Å²) in [5.41, 5.74) is 1.48. The predicted molar refractivity (Wildman–Crippen MR) is 58.5 cm³/mol. The Kier molecular flexibility index (Phi) is 1.95. The Balaban J connectivity index is 2.26. The highest BCUT2D eigenvalue weighted by Crippen LogP contribution is 2.26. The Hall–Kier alpha value is -1.86. The Morgan fingerprint density at radius 3 is 2.88 bits per heavy atom. The van der Waals surface area contributed by atoms with E-state index in [4.69, 9.17) is 5.26 Å². The minimum Gasteiger partial charge on any atom is -0.340 e. The van der Waals surface area contributed by atoms with Gasteiger partial charge in [0.25, 0.3) is 0 Å². The van der Waals surface area contributed by atoms with E-state index in [-0.39, 0.29) is 5.82 Å². The average Bonchev–Trinajstić information content (AvgIpc) is 2.54. The van der Waals surface area contributed by atoms with Crippen LogP contribution in [0.4, 0.5) is 4.39 Å². The van der Waals surface area contributed by atoms with Crippen LogP contribution in [0.5, 0.6) is 0 Å². The van der Waals surface area contributed by atoms with Crippen LogP contribution >= 0.6 is 0 Å². The zero-order valence-electron chi connectivity index (χ0n) is 8.57. The van der Waals surface area contributed by atoms with E-state index < -0.39 is 0 Å². The molecule has 1 saturated heterocycles. The van der Waals surface area contributed by atoms with Crippen LogP contribution in [0.2, 0.25) is 0 Å². The Bertz CT molecular complexity index is 590. The van der Waals surface area contributed by atoms with Crippen LogP contribution in [0.3, 0.4) is 0 Å². The molecule has 1 aromatic heterocycles. The fraction of sp³-hybridized carbons (Fsp3) is 0.250. The van der Waals surface area contributed by atoms with Crippen molar-refractivity contribution in [1.29, 1.82) is 5.26 Å². The fourth-order valence-corrected chi connectivity index (χ4v) is 2.09. The lowest BCUT2D eigenvalue weighted by molar-refractivity contribution is 0.351. The second kappa shape index (κ2) is 3.32. The second-order valence-electron chi connectivity index (χ2n) is 4.04. The van der Waals surface area contributed by atoms with E-state index in [1.54, 1.807) is 6.07 Å². The second-order valence-corrected chi connectivity index (χ2v) is 4.04. The molecule has 1 aliphatic heterocycles. The first-order chi connectivity index (χ1) is 7.79. The SMILES string of the molecule is N#Cc1cn(C2CNC2)c2ccc(F)cc12. The van der Waals surface area contributed by atoms with Crippen LogP contribution in [-0.2, 0) is 0 Å². The maximum atomic E-state index is 13.1. The first-order valence-electron chi connectivity index (χ1n) is 5.20. The van der Waals surface area contributed by atoms with Crippen LogP contribution in [0.1, 0.15) is 11.6 Å². The summed E-state index contributed by atoms with van der Waals surface area (Å²) in [5.74, 6) is -0.298. The zero-order valence-corrected chi connectivity index (χ0v) is 8.57. The van der Waals surface area contributed by atoms with Crippen LogP contribution < -0.4 is 5.32 Å². The van der Waals surface area contributed by atoms with Crippen molar-refractivity contribution in [3.63, 3.8) is 0 Å². The molecule has 0 aliphatic carbocycles. The van der Waals surface area contributed by atoms with Crippen molar-refractivity contribution in [2.75, 3.05) is 13.1 Å². The molecule has 0 saturated carbocycles. The van der Waals surface area contributed by atoms with Gasteiger partial charge in [-0.15, -0.1) is 0 Å². The van der Waals surface area contributed by atoms with E-state index in [0.717, 1.165) is 18.6 Å². The highest BCUT2D eigenvalue weighted by Gasteiger charge is 2.21. The number of fused-ring (bicyclic) bond motifs is 1. The molecular weight excluding hydrogens is 205 g/mol. The lowest BCUT2D eigenvalue weighted by atomic mass is 10.1. The van der Waals surface area contributed by atoms with E-state index in [1.165, 1.54) is 12.1 Å².